The highest BCUT2D eigenvalue weighted by Crippen LogP contribution is 2.19. The maximum atomic E-state index is 13.2. The summed E-state index contributed by atoms with van der Waals surface area (Å²) in [5.41, 5.74) is 1.00. The van der Waals surface area contributed by atoms with Crippen molar-refractivity contribution in [1.29, 1.82) is 0 Å². The van der Waals surface area contributed by atoms with Gasteiger partial charge in [-0.05, 0) is 39.0 Å². The summed E-state index contributed by atoms with van der Waals surface area (Å²) in [6, 6.07) is 5.02. The maximum absolute atomic E-state index is 13.2. The van der Waals surface area contributed by atoms with Gasteiger partial charge < -0.3 is 20.5 Å². The van der Waals surface area contributed by atoms with E-state index in [9.17, 15) is 14.2 Å². The molecule has 144 valence electrons. The van der Waals surface area contributed by atoms with Gasteiger partial charge in [-0.15, -0.1) is 0 Å². The number of hydrogen-bond donors (Lipinski definition) is 4. The largest absolute Gasteiger partial charge is 0.437 e. The van der Waals surface area contributed by atoms with Crippen molar-refractivity contribution in [3.8, 4) is 0 Å². The Balaban J connectivity index is 1.96. The van der Waals surface area contributed by atoms with Gasteiger partial charge >= 0.3 is 13.1 Å². The molecule has 1 heterocycles. The SMILES string of the molecule is CB(O)N(C)CCNc1cc(C)nc(NC(=O)Nc2ccc(F)c(Cl)c2)n1. The van der Waals surface area contributed by atoms with E-state index in [-0.39, 0.29) is 11.0 Å². The Morgan fingerprint density at radius 3 is 2.74 bits per heavy atom. The Morgan fingerprint density at radius 2 is 2.07 bits per heavy atom. The molecule has 1 aromatic heterocycles. The van der Waals surface area contributed by atoms with E-state index in [0.717, 1.165) is 6.07 Å². The van der Waals surface area contributed by atoms with Crippen LogP contribution in [0.5, 0.6) is 0 Å². The smallest absolute Gasteiger partial charge is 0.376 e. The number of likely N-dealkylation sites (N-methyl/N-ethyl adjacent to an activating group) is 1. The molecule has 0 fully saturated rings. The highest BCUT2D eigenvalue weighted by atomic mass is 35.5. The van der Waals surface area contributed by atoms with Crippen molar-refractivity contribution in [2.75, 3.05) is 36.1 Å². The van der Waals surface area contributed by atoms with E-state index in [0.29, 0.717) is 30.3 Å². The molecule has 0 saturated carbocycles. The van der Waals surface area contributed by atoms with E-state index in [1.54, 1.807) is 31.7 Å². The lowest BCUT2D eigenvalue weighted by atomic mass is 9.86. The Hall–Kier alpha value is -2.43. The van der Waals surface area contributed by atoms with Crippen molar-refractivity contribution < 1.29 is 14.2 Å². The summed E-state index contributed by atoms with van der Waals surface area (Å²) in [6.07, 6.45) is 0. The topological polar surface area (TPSA) is 102 Å². The van der Waals surface area contributed by atoms with E-state index < -0.39 is 18.9 Å². The van der Waals surface area contributed by atoms with Gasteiger partial charge in [0, 0.05) is 30.5 Å². The molecule has 11 heteroatoms. The summed E-state index contributed by atoms with van der Waals surface area (Å²) < 4.78 is 13.2. The number of benzene rings is 1. The van der Waals surface area contributed by atoms with Gasteiger partial charge in [0.05, 0.1) is 5.02 Å². The maximum Gasteiger partial charge on any atom is 0.376 e. The average Bonchev–Trinajstić information content (AvgIpc) is 2.57. The minimum atomic E-state index is -0.580. The third-order valence-corrected chi connectivity index (χ3v) is 3.96. The number of carbonyl (C=O) groups excluding carboxylic acids is 1. The number of rotatable bonds is 7. The number of amides is 2. The Labute approximate surface area is 162 Å². The van der Waals surface area contributed by atoms with Gasteiger partial charge in [0.25, 0.3) is 0 Å². The van der Waals surface area contributed by atoms with Crippen LogP contribution in [0.25, 0.3) is 0 Å². The summed E-state index contributed by atoms with van der Waals surface area (Å²) >= 11 is 5.69. The lowest BCUT2D eigenvalue weighted by Gasteiger charge is -2.17. The summed E-state index contributed by atoms with van der Waals surface area (Å²) in [5, 5.41) is 17.5. The van der Waals surface area contributed by atoms with Gasteiger partial charge in [0.15, 0.2) is 0 Å². The number of hydrogen-bond acceptors (Lipinski definition) is 6. The highest BCUT2D eigenvalue weighted by Gasteiger charge is 2.11. The molecule has 0 spiro atoms. The van der Waals surface area contributed by atoms with Crippen LogP contribution in [0.1, 0.15) is 5.69 Å². The summed E-state index contributed by atoms with van der Waals surface area (Å²) in [5.74, 6) is 0.0929. The second-order valence-corrected chi connectivity index (χ2v) is 6.37. The van der Waals surface area contributed by atoms with Crippen molar-refractivity contribution >= 4 is 42.1 Å². The summed E-state index contributed by atoms with van der Waals surface area (Å²) in [6.45, 7) is 4.62. The van der Waals surface area contributed by atoms with Crippen molar-refractivity contribution in [2.24, 2.45) is 0 Å². The van der Waals surface area contributed by atoms with E-state index in [1.165, 1.54) is 12.1 Å². The fourth-order valence-electron chi connectivity index (χ4n) is 2.10. The summed E-state index contributed by atoms with van der Waals surface area (Å²) in [7, 11) is 1.26. The second kappa shape index (κ2) is 9.49. The van der Waals surface area contributed by atoms with E-state index in [4.69, 9.17) is 11.6 Å². The summed E-state index contributed by atoms with van der Waals surface area (Å²) in [4.78, 5) is 22.2. The van der Waals surface area contributed by atoms with Crippen molar-refractivity contribution in [3.05, 3.63) is 40.8 Å². The number of nitrogens with one attached hydrogen (secondary N) is 3. The van der Waals surface area contributed by atoms with Gasteiger partial charge in [-0.25, -0.2) is 14.2 Å². The van der Waals surface area contributed by atoms with Gasteiger partial charge in [0.2, 0.25) is 5.95 Å². The molecule has 27 heavy (non-hydrogen) atoms. The first-order valence-corrected chi connectivity index (χ1v) is 8.63. The molecule has 4 N–H and O–H groups in total. The van der Waals surface area contributed by atoms with E-state index in [1.807, 2.05) is 0 Å². The third kappa shape index (κ3) is 6.67. The third-order valence-electron chi connectivity index (χ3n) is 3.67. The van der Waals surface area contributed by atoms with Crippen LogP contribution < -0.4 is 16.0 Å². The first-order chi connectivity index (χ1) is 12.7. The monoisotopic (exact) mass is 394 g/mol. The van der Waals surface area contributed by atoms with Crippen molar-refractivity contribution in [3.63, 3.8) is 0 Å². The molecule has 0 radical (unpaired) electrons. The van der Waals surface area contributed by atoms with Gasteiger partial charge in [-0.1, -0.05) is 11.6 Å². The molecule has 2 rings (SSSR count). The molecule has 0 aliphatic heterocycles. The van der Waals surface area contributed by atoms with Crippen LogP contribution in [-0.2, 0) is 0 Å². The fourth-order valence-corrected chi connectivity index (χ4v) is 2.28. The number of carbonyl (C=O) groups is 1. The Kier molecular flexibility index (Phi) is 7.34. The predicted octanol–water partition coefficient (Wildman–Crippen LogP) is 2.68. The Morgan fingerprint density at radius 1 is 1.33 bits per heavy atom. The zero-order valence-electron chi connectivity index (χ0n) is 15.3. The number of aryl methyl sites for hydroxylation is 1. The van der Waals surface area contributed by atoms with Gasteiger partial charge in [-0.2, -0.15) is 4.98 Å². The predicted molar refractivity (Wildman–Crippen MR) is 106 cm³/mol. The quantitative estimate of drug-likeness (QED) is 0.539. The fraction of sp³-hybridized carbons (Fsp3) is 0.312. The second-order valence-electron chi connectivity index (χ2n) is 5.97. The minimum absolute atomic E-state index is 0.0896. The van der Waals surface area contributed by atoms with E-state index >= 15 is 0 Å². The highest BCUT2D eigenvalue weighted by molar-refractivity contribution is 6.45. The number of aromatic nitrogens is 2. The van der Waals surface area contributed by atoms with Crippen molar-refractivity contribution in [2.45, 2.75) is 13.7 Å². The van der Waals surface area contributed by atoms with Crippen LogP contribution in [0.4, 0.5) is 26.6 Å². The molecule has 2 aromatic rings. The number of urea groups is 1. The van der Waals surface area contributed by atoms with Crippen LogP contribution in [0.15, 0.2) is 24.3 Å². The standard InChI is InChI=1S/C16H21BClFN6O2/c1-10-8-14(20-6-7-25(3)17(2)27)23-15(21-10)24-16(26)22-11-4-5-13(19)12(18)9-11/h4-5,8-9,27H,6-7H2,1-3H3,(H3,20,21,22,23,24,26). The first-order valence-electron chi connectivity index (χ1n) is 8.25. The number of nitrogens with zero attached hydrogens (tertiary/aromatic N) is 3. The molecule has 0 aliphatic rings. The van der Waals surface area contributed by atoms with Crippen LogP contribution >= 0.6 is 11.6 Å². The van der Waals surface area contributed by atoms with Gasteiger partial charge in [-0.3, -0.25) is 5.32 Å². The normalized spacial score (nSPS) is 10.6. The molecule has 0 saturated heterocycles. The zero-order valence-corrected chi connectivity index (χ0v) is 16.0. The number of halogens is 2. The first kappa shape index (κ1) is 20.9. The van der Waals surface area contributed by atoms with Crippen LogP contribution in [0, 0.1) is 12.7 Å². The van der Waals surface area contributed by atoms with Crippen LogP contribution in [-0.4, -0.2) is 53.0 Å². The lowest BCUT2D eigenvalue weighted by molar-refractivity contribution is 0.262. The minimum Gasteiger partial charge on any atom is -0.437 e. The van der Waals surface area contributed by atoms with Crippen LogP contribution in [0.2, 0.25) is 11.8 Å². The van der Waals surface area contributed by atoms with Crippen LogP contribution in [0.3, 0.4) is 0 Å². The zero-order chi connectivity index (χ0) is 20.0. The molecular formula is C16H21BClFN6O2. The van der Waals surface area contributed by atoms with Gasteiger partial charge in [0.1, 0.15) is 11.6 Å². The molecular weight excluding hydrogens is 373 g/mol. The van der Waals surface area contributed by atoms with E-state index in [2.05, 4.69) is 25.9 Å². The number of anilines is 3. The molecule has 0 atom stereocenters. The molecule has 0 unspecified atom stereocenters. The average molecular weight is 395 g/mol. The van der Waals surface area contributed by atoms with Crippen molar-refractivity contribution in [1.82, 2.24) is 14.8 Å². The molecule has 1 aromatic carbocycles. The molecule has 0 bridgehead atoms. The molecule has 8 nitrogen and oxygen atoms in total. The molecule has 2 amide bonds. The lowest BCUT2D eigenvalue weighted by Crippen LogP contribution is -2.36. The molecule has 0 aliphatic carbocycles. The Bertz CT molecular complexity index is 810.